The second-order valence-electron chi connectivity index (χ2n) is 3.37. The molecule has 0 aromatic heterocycles. The van der Waals surface area contributed by atoms with Gasteiger partial charge in [-0.1, -0.05) is 0 Å². The number of rotatable bonds is 6. The summed E-state index contributed by atoms with van der Waals surface area (Å²) in [5.41, 5.74) is 0. The Kier molecular flexibility index (Phi) is 5.23. The van der Waals surface area contributed by atoms with Gasteiger partial charge in [-0.15, -0.1) is 0 Å². The van der Waals surface area contributed by atoms with E-state index in [4.69, 9.17) is 14.6 Å². The summed E-state index contributed by atoms with van der Waals surface area (Å²) in [6, 6.07) is 5.29. The number of halogens is 1. The number of primary sulfonamides is 1. The first-order valence-corrected chi connectivity index (χ1v) is 7.40. The van der Waals surface area contributed by atoms with Crippen molar-refractivity contribution < 1.29 is 17.9 Å². The second-order valence-corrected chi connectivity index (χ2v) is 5.95. The van der Waals surface area contributed by atoms with Gasteiger partial charge in [0.25, 0.3) is 0 Å². The molecule has 17 heavy (non-hydrogen) atoms. The monoisotopic (exact) mass is 323 g/mol. The predicted octanol–water partition coefficient (Wildman–Crippen LogP) is 1.52. The third kappa shape index (κ3) is 5.38. The maximum absolute atomic E-state index is 10.7. The fraction of sp³-hybridized carbons (Fsp3) is 0.400. The van der Waals surface area contributed by atoms with Gasteiger partial charge in [0, 0.05) is 0 Å². The molecule has 96 valence electrons. The number of hydrogen-bond donors (Lipinski definition) is 1. The molecule has 0 spiro atoms. The summed E-state index contributed by atoms with van der Waals surface area (Å²) in [4.78, 5) is 0. The van der Waals surface area contributed by atoms with Crippen LogP contribution in [0.2, 0.25) is 0 Å². The summed E-state index contributed by atoms with van der Waals surface area (Å²) in [6.07, 6.45) is 0.358. The highest BCUT2D eigenvalue weighted by atomic mass is 79.9. The molecule has 0 saturated carbocycles. The Balaban J connectivity index is 2.47. The van der Waals surface area contributed by atoms with Crippen LogP contribution in [0.4, 0.5) is 0 Å². The van der Waals surface area contributed by atoms with Crippen molar-refractivity contribution in [3.05, 3.63) is 22.7 Å². The summed E-state index contributed by atoms with van der Waals surface area (Å²) < 4.78 is 32.6. The molecule has 0 unspecified atom stereocenters. The number of sulfonamides is 1. The molecule has 0 bridgehead atoms. The first-order valence-electron chi connectivity index (χ1n) is 4.89. The zero-order valence-electron chi connectivity index (χ0n) is 9.35. The maximum Gasteiger partial charge on any atom is 0.209 e. The number of hydrogen-bond acceptors (Lipinski definition) is 4. The van der Waals surface area contributed by atoms with Crippen molar-refractivity contribution in [1.82, 2.24) is 0 Å². The van der Waals surface area contributed by atoms with Crippen molar-refractivity contribution >= 4 is 26.0 Å². The lowest BCUT2D eigenvalue weighted by molar-refractivity contribution is 0.315. The highest BCUT2D eigenvalue weighted by molar-refractivity contribution is 9.10. The minimum Gasteiger partial charge on any atom is -0.497 e. The third-order valence-electron chi connectivity index (χ3n) is 1.97. The van der Waals surface area contributed by atoms with E-state index < -0.39 is 10.0 Å². The van der Waals surface area contributed by atoms with Gasteiger partial charge in [0.2, 0.25) is 10.0 Å². The van der Waals surface area contributed by atoms with E-state index in [1.807, 2.05) is 0 Å². The molecular formula is C10H14BrNO4S. The number of benzene rings is 1. The molecule has 0 fully saturated rings. The van der Waals surface area contributed by atoms with Gasteiger partial charge in [0.05, 0.1) is 23.9 Å². The molecule has 0 atom stereocenters. The Morgan fingerprint density at radius 3 is 2.65 bits per heavy atom. The highest BCUT2D eigenvalue weighted by Crippen LogP contribution is 2.29. The molecule has 1 rings (SSSR count). The SMILES string of the molecule is COc1ccc(OCCCS(N)(=O)=O)c(Br)c1. The average Bonchev–Trinajstić information content (AvgIpc) is 2.24. The zero-order chi connectivity index (χ0) is 12.9. The fourth-order valence-corrected chi connectivity index (χ4v) is 2.16. The van der Waals surface area contributed by atoms with Crippen molar-refractivity contribution in [2.45, 2.75) is 6.42 Å². The van der Waals surface area contributed by atoms with Gasteiger partial charge in [-0.3, -0.25) is 0 Å². The molecule has 0 aliphatic heterocycles. The molecule has 0 saturated heterocycles. The average molecular weight is 324 g/mol. The van der Waals surface area contributed by atoms with Gasteiger partial charge < -0.3 is 9.47 Å². The molecular weight excluding hydrogens is 310 g/mol. The quantitative estimate of drug-likeness (QED) is 0.805. The van der Waals surface area contributed by atoms with E-state index in [0.29, 0.717) is 24.5 Å². The van der Waals surface area contributed by atoms with Crippen LogP contribution < -0.4 is 14.6 Å². The summed E-state index contributed by atoms with van der Waals surface area (Å²) in [7, 11) is -1.83. The van der Waals surface area contributed by atoms with E-state index >= 15 is 0 Å². The standard InChI is InChI=1S/C10H14BrNO4S/c1-15-8-3-4-10(9(11)7-8)16-5-2-6-17(12,13)14/h3-4,7H,2,5-6H2,1H3,(H2,12,13,14). The minimum atomic E-state index is -3.41. The molecule has 0 aliphatic carbocycles. The van der Waals surface area contributed by atoms with Gasteiger partial charge in [-0.05, 0) is 40.5 Å². The van der Waals surface area contributed by atoms with Crippen LogP contribution in [0.5, 0.6) is 11.5 Å². The van der Waals surface area contributed by atoms with Crippen LogP contribution in [0.1, 0.15) is 6.42 Å². The number of nitrogens with two attached hydrogens (primary N) is 1. The fourth-order valence-electron chi connectivity index (χ4n) is 1.17. The van der Waals surface area contributed by atoms with E-state index in [9.17, 15) is 8.42 Å². The maximum atomic E-state index is 10.7. The number of ether oxygens (including phenoxy) is 2. The van der Waals surface area contributed by atoms with Gasteiger partial charge in [-0.2, -0.15) is 0 Å². The Labute approximate surface area is 109 Å². The van der Waals surface area contributed by atoms with Gasteiger partial charge in [0.1, 0.15) is 11.5 Å². The smallest absolute Gasteiger partial charge is 0.209 e. The molecule has 0 heterocycles. The molecule has 0 aliphatic rings. The van der Waals surface area contributed by atoms with Crippen molar-refractivity contribution in [1.29, 1.82) is 0 Å². The van der Waals surface area contributed by atoms with Gasteiger partial charge in [0.15, 0.2) is 0 Å². The van der Waals surface area contributed by atoms with E-state index in [2.05, 4.69) is 15.9 Å². The van der Waals surface area contributed by atoms with E-state index in [1.165, 1.54) is 0 Å². The van der Waals surface area contributed by atoms with Gasteiger partial charge in [-0.25, -0.2) is 13.6 Å². The largest absolute Gasteiger partial charge is 0.497 e. The summed E-state index contributed by atoms with van der Waals surface area (Å²) in [5.74, 6) is 1.27. The molecule has 0 radical (unpaired) electrons. The van der Waals surface area contributed by atoms with Crippen LogP contribution in [0.25, 0.3) is 0 Å². The summed E-state index contributed by atoms with van der Waals surface area (Å²) in [5, 5.41) is 4.87. The topological polar surface area (TPSA) is 78.6 Å². The number of methoxy groups -OCH3 is 1. The Morgan fingerprint density at radius 1 is 1.41 bits per heavy atom. The van der Waals surface area contributed by atoms with Crippen LogP contribution in [0.3, 0.4) is 0 Å². The van der Waals surface area contributed by atoms with Gasteiger partial charge >= 0.3 is 0 Å². The normalized spacial score (nSPS) is 11.2. The molecule has 0 amide bonds. The minimum absolute atomic E-state index is 0.0826. The molecule has 5 nitrogen and oxygen atoms in total. The first-order chi connectivity index (χ1) is 7.92. The third-order valence-corrected chi connectivity index (χ3v) is 3.45. The van der Waals surface area contributed by atoms with Crippen LogP contribution in [0, 0.1) is 0 Å². The summed E-state index contributed by atoms with van der Waals surface area (Å²) in [6.45, 7) is 0.293. The second kappa shape index (κ2) is 6.23. The molecule has 2 N–H and O–H groups in total. The highest BCUT2D eigenvalue weighted by Gasteiger charge is 2.05. The Hall–Kier alpha value is -0.790. The van der Waals surface area contributed by atoms with Crippen LogP contribution >= 0.6 is 15.9 Å². The zero-order valence-corrected chi connectivity index (χ0v) is 11.8. The molecule has 1 aromatic rings. The lowest BCUT2D eigenvalue weighted by atomic mass is 10.3. The Morgan fingerprint density at radius 2 is 2.12 bits per heavy atom. The van der Waals surface area contributed by atoms with Crippen molar-refractivity contribution in [2.75, 3.05) is 19.5 Å². The van der Waals surface area contributed by atoms with Crippen molar-refractivity contribution in [3.63, 3.8) is 0 Å². The van der Waals surface area contributed by atoms with Crippen LogP contribution in [-0.4, -0.2) is 27.9 Å². The van der Waals surface area contributed by atoms with E-state index in [-0.39, 0.29) is 5.75 Å². The molecule has 1 aromatic carbocycles. The van der Waals surface area contributed by atoms with Crippen molar-refractivity contribution in [3.8, 4) is 11.5 Å². The van der Waals surface area contributed by atoms with E-state index in [0.717, 1.165) is 4.47 Å². The lowest BCUT2D eigenvalue weighted by Gasteiger charge is -2.09. The Bertz CT molecular complexity index is 475. The van der Waals surface area contributed by atoms with Crippen LogP contribution in [-0.2, 0) is 10.0 Å². The summed E-state index contributed by atoms with van der Waals surface area (Å²) >= 11 is 3.33. The van der Waals surface area contributed by atoms with Crippen molar-refractivity contribution in [2.24, 2.45) is 5.14 Å². The van der Waals surface area contributed by atoms with Crippen LogP contribution in [0.15, 0.2) is 22.7 Å². The van der Waals surface area contributed by atoms with E-state index in [1.54, 1.807) is 25.3 Å². The lowest BCUT2D eigenvalue weighted by Crippen LogP contribution is -2.18. The predicted molar refractivity (Wildman–Crippen MR) is 68.8 cm³/mol. The first kappa shape index (κ1) is 14.3. The molecule has 7 heteroatoms.